The molecule has 0 aliphatic heterocycles. The molecule has 0 saturated carbocycles. The van der Waals surface area contributed by atoms with Gasteiger partial charge in [-0.15, -0.1) is 0 Å². The number of carbonyl (C=O) groups is 1. The normalized spacial score (nSPS) is 11.4. The van der Waals surface area contributed by atoms with Crippen molar-refractivity contribution in [3.8, 4) is 5.75 Å². The molecule has 0 aromatic heterocycles. The van der Waals surface area contributed by atoms with Gasteiger partial charge in [-0.05, 0) is 29.5 Å². The Morgan fingerprint density at radius 2 is 1.76 bits per heavy atom. The lowest BCUT2D eigenvalue weighted by atomic mass is 10.1. The van der Waals surface area contributed by atoms with Crippen molar-refractivity contribution in [2.24, 2.45) is 11.8 Å². The van der Waals surface area contributed by atoms with Gasteiger partial charge in [-0.2, -0.15) is 0 Å². The fourth-order valence-corrected chi connectivity index (χ4v) is 2.52. The SMILES string of the molecule is COc1ccc(CN(CC(C)C)CC(C)C)cc1C(=O)O. The van der Waals surface area contributed by atoms with E-state index in [1.54, 1.807) is 12.1 Å². The van der Waals surface area contributed by atoms with Crippen LogP contribution in [0.1, 0.15) is 43.6 Å². The van der Waals surface area contributed by atoms with E-state index in [2.05, 4.69) is 32.6 Å². The van der Waals surface area contributed by atoms with Gasteiger partial charge in [0.15, 0.2) is 0 Å². The van der Waals surface area contributed by atoms with Gasteiger partial charge < -0.3 is 9.84 Å². The van der Waals surface area contributed by atoms with Gasteiger partial charge in [-0.25, -0.2) is 4.79 Å². The highest BCUT2D eigenvalue weighted by Crippen LogP contribution is 2.21. The number of rotatable bonds is 8. The number of benzene rings is 1. The number of ether oxygens (including phenoxy) is 1. The highest BCUT2D eigenvalue weighted by molar-refractivity contribution is 5.91. The van der Waals surface area contributed by atoms with Crippen LogP contribution in [-0.2, 0) is 6.54 Å². The average molecular weight is 293 g/mol. The van der Waals surface area contributed by atoms with E-state index < -0.39 is 5.97 Å². The zero-order chi connectivity index (χ0) is 16.0. The minimum atomic E-state index is -0.951. The molecule has 0 saturated heterocycles. The van der Waals surface area contributed by atoms with Crippen LogP contribution in [0.3, 0.4) is 0 Å². The summed E-state index contributed by atoms with van der Waals surface area (Å²) >= 11 is 0. The fraction of sp³-hybridized carbons (Fsp3) is 0.588. The van der Waals surface area contributed by atoms with Crippen LogP contribution >= 0.6 is 0 Å². The Balaban J connectivity index is 2.92. The first-order chi connectivity index (χ1) is 9.83. The predicted molar refractivity (Wildman–Crippen MR) is 84.9 cm³/mol. The van der Waals surface area contributed by atoms with Crippen molar-refractivity contribution >= 4 is 5.97 Å². The lowest BCUT2D eigenvalue weighted by Gasteiger charge is -2.26. The Hall–Kier alpha value is -1.55. The summed E-state index contributed by atoms with van der Waals surface area (Å²) in [6.07, 6.45) is 0. The molecular formula is C17H27NO3. The third kappa shape index (κ3) is 5.76. The van der Waals surface area contributed by atoms with Crippen molar-refractivity contribution < 1.29 is 14.6 Å². The second-order valence-corrected chi connectivity index (χ2v) is 6.32. The van der Waals surface area contributed by atoms with E-state index in [9.17, 15) is 9.90 Å². The lowest BCUT2D eigenvalue weighted by molar-refractivity contribution is 0.0693. The van der Waals surface area contributed by atoms with Gasteiger partial charge in [0, 0.05) is 19.6 Å². The smallest absolute Gasteiger partial charge is 0.339 e. The standard InChI is InChI=1S/C17H27NO3/c1-12(2)9-18(10-13(3)4)11-14-6-7-16(21-5)15(8-14)17(19)20/h6-8,12-13H,9-11H2,1-5H3,(H,19,20). The van der Waals surface area contributed by atoms with Crippen LogP contribution in [-0.4, -0.2) is 36.2 Å². The maximum absolute atomic E-state index is 11.3. The van der Waals surface area contributed by atoms with Crippen molar-refractivity contribution in [3.63, 3.8) is 0 Å². The van der Waals surface area contributed by atoms with E-state index >= 15 is 0 Å². The number of carboxylic acids is 1. The van der Waals surface area contributed by atoms with Crippen molar-refractivity contribution in [2.75, 3.05) is 20.2 Å². The van der Waals surface area contributed by atoms with Gasteiger partial charge in [-0.1, -0.05) is 33.8 Å². The molecule has 1 aromatic carbocycles. The van der Waals surface area contributed by atoms with Gasteiger partial charge in [-0.3, -0.25) is 4.90 Å². The minimum Gasteiger partial charge on any atom is -0.496 e. The zero-order valence-corrected chi connectivity index (χ0v) is 13.7. The van der Waals surface area contributed by atoms with E-state index in [1.165, 1.54) is 7.11 Å². The molecule has 21 heavy (non-hydrogen) atoms. The van der Waals surface area contributed by atoms with Gasteiger partial charge >= 0.3 is 5.97 Å². The summed E-state index contributed by atoms with van der Waals surface area (Å²) in [7, 11) is 1.49. The first-order valence-corrected chi connectivity index (χ1v) is 7.46. The minimum absolute atomic E-state index is 0.226. The number of carboxylic acid groups (broad SMARTS) is 1. The zero-order valence-electron chi connectivity index (χ0n) is 13.7. The summed E-state index contributed by atoms with van der Waals surface area (Å²) in [5.74, 6) is 0.625. The number of methoxy groups -OCH3 is 1. The first kappa shape index (κ1) is 17.5. The van der Waals surface area contributed by atoms with Crippen LogP contribution in [0.5, 0.6) is 5.75 Å². The molecular weight excluding hydrogens is 266 g/mol. The largest absolute Gasteiger partial charge is 0.496 e. The lowest BCUT2D eigenvalue weighted by Crippen LogP contribution is -2.31. The fourth-order valence-electron chi connectivity index (χ4n) is 2.52. The molecule has 0 heterocycles. The van der Waals surface area contributed by atoms with Gasteiger partial charge in [0.2, 0.25) is 0 Å². The molecule has 0 unspecified atom stereocenters. The molecule has 4 nitrogen and oxygen atoms in total. The molecule has 0 aliphatic rings. The van der Waals surface area contributed by atoms with E-state index in [-0.39, 0.29) is 5.56 Å². The van der Waals surface area contributed by atoms with Crippen LogP contribution in [0, 0.1) is 11.8 Å². The molecule has 0 aliphatic carbocycles. The Morgan fingerprint density at radius 1 is 1.19 bits per heavy atom. The number of nitrogens with zero attached hydrogens (tertiary/aromatic N) is 1. The molecule has 1 N–H and O–H groups in total. The molecule has 0 amide bonds. The number of aromatic carboxylic acids is 1. The maximum Gasteiger partial charge on any atom is 0.339 e. The Morgan fingerprint density at radius 3 is 2.19 bits per heavy atom. The molecule has 0 spiro atoms. The summed E-state index contributed by atoms with van der Waals surface area (Å²) in [4.78, 5) is 13.7. The van der Waals surface area contributed by atoms with E-state index in [0.717, 1.165) is 25.2 Å². The van der Waals surface area contributed by atoms with Crippen molar-refractivity contribution in [1.82, 2.24) is 4.90 Å². The second kappa shape index (κ2) is 8.03. The Labute approximate surface area is 127 Å². The Kier molecular flexibility index (Phi) is 6.69. The van der Waals surface area contributed by atoms with Crippen LogP contribution in [0.15, 0.2) is 18.2 Å². The summed E-state index contributed by atoms with van der Waals surface area (Å²) in [6.45, 7) is 11.6. The van der Waals surface area contributed by atoms with E-state index in [1.807, 2.05) is 6.07 Å². The van der Waals surface area contributed by atoms with Crippen LogP contribution in [0.2, 0.25) is 0 Å². The molecule has 0 bridgehead atoms. The molecule has 118 valence electrons. The molecule has 1 aromatic rings. The van der Waals surface area contributed by atoms with E-state index in [0.29, 0.717) is 17.6 Å². The molecule has 0 atom stereocenters. The van der Waals surface area contributed by atoms with Gasteiger partial charge in [0.25, 0.3) is 0 Å². The summed E-state index contributed by atoms with van der Waals surface area (Å²) in [5, 5.41) is 9.25. The molecule has 4 heteroatoms. The van der Waals surface area contributed by atoms with Crippen molar-refractivity contribution in [3.05, 3.63) is 29.3 Å². The van der Waals surface area contributed by atoms with Gasteiger partial charge in [0.1, 0.15) is 11.3 Å². The summed E-state index contributed by atoms with van der Waals surface area (Å²) in [6, 6.07) is 5.40. The van der Waals surface area contributed by atoms with Crippen LogP contribution < -0.4 is 4.74 Å². The average Bonchev–Trinajstić information content (AvgIpc) is 2.36. The third-order valence-corrected chi connectivity index (χ3v) is 3.15. The molecule has 0 radical (unpaired) electrons. The predicted octanol–water partition coefficient (Wildman–Crippen LogP) is 3.51. The third-order valence-electron chi connectivity index (χ3n) is 3.15. The first-order valence-electron chi connectivity index (χ1n) is 7.46. The van der Waals surface area contributed by atoms with Crippen molar-refractivity contribution in [1.29, 1.82) is 0 Å². The van der Waals surface area contributed by atoms with Crippen LogP contribution in [0.4, 0.5) is 0 Å². The summed E-state index contributed by atoms with van der Waals surface area (Å²) in [5.41, 5.74) is 1.23. The maximum atomic E-state index is 11.3. The van der Waals surface area contributed by atoms with E-state index in [4.69, 9.17) is 4.74 Å². The highest BCUT2D eigenvalue weighted by atomic mass is 16.5. The second-order valence-electron chi connectivity index (χ2n) is 6.32. The molecule has 1 rings (SSSR count). The topological polar surface area (TPSA) is 49.8 Å². The number of hydrogen-bond donors (Lipinski definition) is 1. The Bertz CT molecular complexity index is 459. The monoisotopic (exact) mass is 293 g/mol. The number of hydrogen-bond acceptors (Lipinski definition) is 3. The summed E-state index contributed by atoms with van der Waals surface area (Å²) < 4.78 is 5.10. The van der Waals surface area contributed by atoms with Crippen LogP contribution in [0.25, 0.3) is 0 Å². The quantitative estimate of drug-likeness (QED) is 0.797. The highest BCUT2D eigenvalue weighted by Gasteiger charge is 2.14. The van der Waals surface area contributed by atoms with Gasteiger partial charge in [0.05, 0.1) is 7.11 Å². The molecule has 0 fully saturated rings. The van der Waals surface area contributed by atoms with Crippen molar-refractivity contribution in [2.45, 2.75) is 34.2 Å².